The van der Waals surface area contributed by atoms with Gasteiger partial charge in [-0.2, -0.15) is 4.98 Å². The molecule has 2 aliphatic rings. The number of likely N-dealkylation sites (tertiary alicyclic amines) is 1. The van der Waals surface area contributed by atoms with Gasteiger partial charge in [0.25, 0.3) is 0 Å². The van der Waals surface area contributed by atoms with Crippen molar-refractivity contribution in [2.45, 2.75) is 57.4 Å². The third-order valence-corrected chi connectivity index (χ3v) is 3.84. The van der Waals surface area contributed by atoms with E-state index in [0.717, 1.165) is 11.7 Å². The molecule has 4 heteroatoms. The standard InChI is InChI=1S/C13H21N3O/c1-2-3-8-16-9-4-5-11(16)12-14-13(17-15-12)10-6-7-10/h10-11H,2-9H2,1H3/t11-/m0/s1. The number of aromatic nitrogens is 2. The van der Waals surface area contributed by atoms with Crippen LogP contribution in [0.4, 0.5) is 0 Å². The molecule has 0 aromatic carbocycles. The number of rotatable bonds is 5. The third kappa shape index (κ3) is 2.37. The Morgan fingerprint density at radius 1 is 1.35 bits per heavy atom. The van der Waals surface area contributed by atoms with E-state index in [1.54, 1.807) is 0 Å². The van der Waals surface area contributed by atoms with Crippen molar-refractivity contribution in [3.05, 3.63) is 11.7 Å². The highest BCUT2D eigenvalue weighted by Gasteiger charge is 2.33. The molecule has 1 saturated carbocycles. The van der Waals surface area contributed by atoms with Crippen LogP contribution in [-0.2, 0) is 0 Å². The van der Waals surface area contributed by atoms with E-state index >= 15 is 0 Å². The predicted octanol–water partition coefficient (Wildman–Crippen LogP) is 2.88. The molecule has 1 saturated heterocycles. The Morgan fingerprint density at radius 2 is 2.24 bits per heavy atom. The molecule has 3 rings (SSSR count). The molecule has 2 heterocycles. The van der Waals surface area contributed by atoms with Gasteiger partial charge in [0, 0.05) is 5.92 Å². The zero-order valence-electron chi connectivity index (χ0n) is 10.6. The van der Waals surface area contributed by atoms with E-state index in [1.165, 1.54) is 51.6 Å². The Kier molecular flexibility index (Phi) is 3.14. The minimum atomic E-state index is 0.415. The van der Waals surface area contributed by atoms with Gasteiger partial charge in [0.1, 0.15) is 0 Å². The van der Waals surface area contributed by atoms with E-state index in [9.17, 15) is 0 Å². The van der Waals surface area contributed by atoms with Crippen molar-refractivity contribution in [1.29, 1.82) is 0 Å². The van der Waals surface area contributed by atoms with Gasteiger partial charge < -0.3 is 4.52 Å². The number of nitrogens with zero attached hydrogens (tertiary/aromatic N) is 3. The molecular formula is C13H21N3O. The molecule has 94 valence electrons. The maximum Gasteiger partial charge on any atom is 0.229 e. The van der Waals surface area contributed by atoms with Gasteiger partial charge in [-0.3, -0.25) is 4.90 Å². The fourth-order valence-electron chi connectivity index (χ4n) is 2.63. The lowest BCUT2D eigenvalue weighted by atomic mass is 10.2. The largest absolute Gasteiger partial charge is 0.339 e. The first-order chi connectivity index (χ1) is 8.38. The van der Waals surface area contributed by atoms with E-state index in [2.05, 4.69) is 22.0 Å². The highest BCUT2D eigenvalue weighted by Crippen LogP contribution is 2.40. The number of unbranched alkanes of at least 4 members (excludes halogenated alkanes) is 1. The fourth-order valence-corrected chi connectivity index (χ4v) is 2.63. The topological polar surface area (TPSA) is 42.2 Å². The van der Waals surface area contributed by atoms with Gasteiger partial charge in [-0.25, -0.2) is 0 Å². The molecule has 4 nitrogen and oxygen atoms in total. The van der Waals surface area contributed by atoms with Crippen LogP contribution in [0.25, 0.3) is 0 Å². The van der Waals surface area contributed by atoms with Gasteiger partial charge in [0.15, 0.2) is 5.82 Å². The zero-order valence-corrected chi connectivity index (χ0v) is 10.6. The Hall–Kier alpha value is -0.900. The Morgan fingerprint density at radius 3 is 3.00 bits per heavy atom. The first-order valence-electron chi connectivity index (χ1n) is 6.96. The molecule has 0 spiro atoms. The molecule has 0 N–H and O–H groups in total. The molecule has 1 aromatic heterocycles. The first-order valence-corrected chi connectivity index (χ1v) is 6.96. The van der Waals surface area contributed by atoms with E-state index in [0.29, 0.717) is 12.0 Å². The van der Waals surface area contributed by atoms with Crippen LogP contribution in [0.15, 0.2) is 4.52 Å². The Balaban J connectivity index is 1.67. The highest BCUT2D eigenvalue weighted by molar-refractivity contribution is 5.05. The predicted molar refractivity (Wildman–Crippen MR) is 64.7 cm³/mol. The molecular weight excluding hydrogens is 214 g/mol. The highest BCUT2D eigenvalue weighted by atomic mass is 16.5. The van der Waals surface area contributed by atoms with Crippen molar-refractivity contribution in [2.75, 3.05) is 13.1 Å². The van der Waals surface area contributed by atoms with Gasteiger partial charge in [-0.05, 0) is 45.2 Å². The fraction of sp³-hybridized carbons (Fsp3) is 0.846. The second kappa shape index (κ2) is 4.77. The third-order valence-electron chi connectivity index (χ3n) is 3.84. The van der Waals surface area contributed by atoms with Crippen LogP contribution in [0.3, 0.4) is 0 Å². The number of hydrogen-bond donors (Lipinski definition) is 0. The normalized spacial score (nSPS) is 25.6. The van der Waals surface area contributed by atoms with Crippen LogP contribution in [0.1, 0.15) is 69.1 Å². The molecule has 0 bridgehead atoms. The van der Waals surface area contributed by atoms with Crippen molar-refractivity contribution in [1.82, 2.24) is 15.0 Å². The molecule has 17 heavy (non-hydrogen) atoms. The lowest BCUT2D eigenvalue weighted by Gasteiger charge is -2.21. The first kappa shape index (κ1) is 11.2. The summed E-state index contributed by atoms with van der Waals surface area (Å²) in [5.41, 5.74) is 0. The van der Waals surface area contributed by atoms with Gasteiger partial charge in [-0.1, -0.05) is 18.5 Å². The second-order valence-corrected chi connectivity index (χ2v) is 5.31. The SMILES string of the molecule is CCCCN1CCC[C@H]1c1noc(C2CC2)n1. The molecule has 1 aromatic rings. The summed E-state index contributed by atoms with van der Waals surface area (Å²) in [6.07, 6.45) is 7.43. The van der Waals surface area contributed by atoms with Crippen molar-refractivity contribution in [3.8, 4) is 0 Å². The van der Waals surface area contributed by atoms with E-state index < -0.39 is 0 Å². The average Bonchev–Trinajstić information content (AvgIpc) is 2.92. The van der Waals surface area contributed by atoms with Crippen LogP contribution in [-0.4, -0.2) is 28.1 Å². The van der Waals surface area contributed by atoms with Gasteiger partial charge in [-0.15, -0.1) is 0 Å². The second-order valence-electron chi connectivity index (χ2n) is 5.31. The summed E-state index contributed by atoms with van der Waals surface area (Å²) in [4.78, 5) is 7.11. The molecule has 0 radical (unpaired) electrons. The maximum atomic E-state index is 5.37. The van der Waals surface area contributed by atoms with Crippen molar-refractivity contribution >= 4 is 0 Å². The lowest BCUT2D eigenvalue weighted by Crippen LogP contribution is -2.25. The maximum absolute atomic E-state index is 5.37. The molecule has 1 aliphatic heterocycles. The zero-order chi connectivity index (χ0) is 11.7. The summed E-state index contributed by atoms with van der Waals surface area (Å²) in [6.45, 7) is 4.61. The molecule has 0 unspecified atom stereocenters. The summed E-state index contributed by atoms with van der Waals surface area (Å²) in [5, 5.41) is 4.19. The van der Waals surface area contributed by atoms with Crippen molar-refractivity contribution in [3.63, 3.8) is 0 Å². The molecule has 1 atom stereocenters. The lowest BCUT2D eigenvalue weighted by molar-refractivity contribution is 0.239. The smallest absolute Gasteiger partial charge is 0.229 e. The summed E-state index contributed by atoms with van der Waals surface area (Å²) >= 11 is 0. The minimum Gasteiger partial charge on any atom is -0.339 e. The van der Waals surface area contributed by atoms with Crippen LogP contribution in [0.5, 0.6) is 0 Å². The monoisotopic (exact) mass is 235 g/mol. The minimum absolute atomic E-state index is 0.415. The van der Waals surface area contributed by atoms with Gasteiger partial charge >= 0.3 is 0 Å². The van der Waals surface area contributed by atoms with Crippen LogP contribution >= 0.6 is 0 Å². The van der Waals surface area contributed by atoms with E-state index in [-0.39, 0.29) is 0 Å². The summed E-state index contributed by atoms with van der Waals surface area (Å²) < 4.78 is 5.37. The summed E-state index contributed by atoms with van der Waals surface area (Å²) in [6, 6.07) is 0.415. The quantitative estimate of drug-likeness (QED) is 0.787. The van der Waals surface area contributed by atoms with Gasteiger partial charge in [0.2, 0.25) is 5.89 Å². The molecule has 1 aliphatic carbocycles. The summed E-state index contributed by atoms with van der Waals surface area (Å²) in [7, 11) is 0. The van der Waals surface area contributed by atoms with E-state index in [4.69, 9.17) is 4.52 Å². The van der Waals surface area contributed by atoms with E-state index in [1.807, 2.05) is 0 Å². The molecule has 0 amide bonds. The van der Waals surface area contributed by atoms with Crippen LogP contribution < -0.4 is 0 Å². The van der Waals surface area contributed by atoms with Gasteiger partial charge in [0.05, 0.1) is 6.04 Å². The number of hydrogen-bond acceptors (Lipinski definition) is 4. The Bertz CT molecular complexity index is 372. The van der Waals surface area contributed by atoms with Crippen molar-refractivity contribution in [2.24, 2.45) is 0 Å². The summed E-state index contributed by atoms with van der Waals surface area (Å²) in [5.74, 6) is 2.38. The Labute approximate surface area is 102 Å². The average molecular weight is 235 g/mol. The molecule has 2 fully saturated rings. The van der Waals surface area contributed by atoms with Crippen molar-refractivity contribution < 1.29 is 4.52 Å². The van der Waals surface area contributed by atoms with Crippen LogP contribution in [0, 0.1) is 0 Å². The van der Waals surface area contributed by atoms with Crippen LogP contribution in [0.2, 0.25) is 0 Å².